The lowest BCUT2D eigenvalue weighted by Gasteiger charge is -2.57. The van der Waals surface area contributed by atoms with Gasteiger partial charge in [0, 0.05) is 27.1 Å². The first kappa shape index (κ1) is 32.5. The lowest BCUT2D eigenvalue weighted by Crippen LogP contribution is -2.48. The first-order valence-corrected chi connectivity index (χ1v) is 20.8. The quantitative estimate of drug-likeness (QED) is 0.175. The van der Waals surface area contributed by atoms with Gasteiger partial charge in [-0.15, -0.1) is 0 Å². The summed E-state index contributed by atoms with van der Waals surface area (Å²) < 4.78 is 13.4. The highest BCUT2D eigenvalue weighted by molar-refractivity contribution is 6.18. The average molecular weight is 750 g/mol. The van der Waals surface area contributed by atoms with E-state index in [0.29, 0.717) is 22.9 Å². The highest BCUT2D eigenvalue weighted by Crippen LogP contribution is 2.60. The van der Waals surface area contributed by atoms with E-state index >= 15 is 0 Å². The Labute approximate surface area is 335 Å². The second-order valence-corrected chi connectivity index (χ2v) is 17.4. The molecule has 5 nitrogen and oxygen atoms in total. The highest BCUT2D eigenvalue weighted by atomic mass is 16.3. The summed E-state index contributed by atoms with van der Waals surface area (Å²) in [5.74, 6) is 4.43. The Balaban J connectivity index is 1.02. The number of benzene rings is 7. The van der Waals surface area contributed by atoms with Crippen molar-refractivity contribution in [1.82, 2.24) is 15.0 Å². The highest BCUT2D eigenvalue weighted by Gasteiger charge is 2.51. The second-order valence-electron chi connectivity index (χ2n) is 17.4. The summed E-state index contributed by atoms with van der Waals surface area (Å²) in [6.07, 6.45) is 8.32. The van der Waals surface area contributed by atoms with E-state index in [9.17, 15) is 0 Å². The van der Waals surface area contributed by atoms with Crippen LogP contribution in [0.1, 0.15) is 44.1 Å². The molecule has 0 saturated heterocycles. The van der Waals surface area contributed by atoms with Crippen LogP contribution >= 0.6 is 0 Å². The summed E-state index contributed by atoms with van der Waals surface area (Å²) in [5, 5.41) is 6.62. The van der Waals surface area contributed by atoms with Crippen molar-refractivity contribution in [3.8, 4) is 45.3 Å². The number of nitrogens with zero attached hydrogens (tertiary/aromatic N) is 3. The Bertz CT molecular complexity index is 3240. The van der Waals surface area contributed by atoms with Gasteiger partial charge in [0.25, 0.3) is 0 Å². The fourth-order valence-corrected chi connectivity index (χ4v) is 11.8. The van der Waals surface area contributed by atoms with Crippen molar-refractivity contribution in [2.75, 3.05) is 0 Å². The van der Waals surface area contributed by atoms with Crippen molar-refractivity contribution in [2.45, 2.75) is 43.9 Å². The van der Waals surface area contributed by atoms with Crippen LogP contribution in [0.3, 0.4) is 0 Å². The van der Waals surface area contributed by atoms with Crippen molar-refractivity contribution in [2.24, 2.45) is 17.8 Å². The largest absolute Gasteiger partial charge is 0.455 e. The molecule has 3 heterocycles. The van der Waals surface area contributed by atoms with E-state index in [4.69, 9.17) is 23.8 Å². The van der Waals surface area contributed by atoms with Crippen LogP contribution in [0.4, 0.5) is 0 Å². The third-order valence-electron chi connectivity index (χ3n) is 13.9. The van der Waals surface area contributed by atoms with E-state index < -0.39 is 0 Å². The Morgan fingerprint density at radius 1 is 0.414 bits per heavy atom. The van der Waals surface area contributed by atoms with Gasteiger partial charge in [-0.25, -0.2) is 15.0 Å². The first-order chi connectivity index (χ1) is 28.6. The number of hydrogen-bond acceptors (Lipinski definition) is 5. The zero-order valence-electron chi connectivity index (χ0n) is 32.0. The first-order valence-electron chi connectivity index (χ1n) is 20.8. The number of fused-ring (bicyclic) bond motifs is 7. The molecule has 14 rings (SSSR count). The Hall–Kier alpha value is -6.59. The summed E-state index contributed by atoms with van der Waals surface area (Å²) in [7, 11) is 0. The minimum Gasteiger partial charge on any atom is -0.455 e. The van der Waals surface area contributed by atoms with Crippen LogP contribution in [0.15, 0.2) is 154 Å². The Kier molecular flexibility index (Phi) is 6.84. The predicted octanol–water partition coefficient (Wildman–Crippen LogP) is 14.0. The Morgan fingerprint density at radius 3 is 1.71 bits per heavy atom. The van der Waals surface area contributed by atoms with Gasteiger partial charge in [-0.3, -0.25) is 0 Å². The maximum absolute atomic E-state index is 6.83. The third kappa shape index (κ3) is 4.86. The summed E-state index contributed by atoms with van der Waals surface area (Å²) in [6.45, 7) is 0. The molecule has 0 spiro atoms. The molecule has 4 fully saturated rings. The normalized spacial score (nSPS) is 21.3. The summed E-state index contributed by atoms with van der Waals surface area (Å²) in [4.78, 5) is 15.8. The molecule has 10 aromatic rings. The topological polar surface area (TPSA) is 65.0 Å². The fourth-order valence-electron chi connectivity index (χ4n) is 11.8. The van der Waals surface area contributed by atoms with Crippen molar-refractivity contribution < 1.29 is 8.83 Å². The molecule has 7 aromatic carbocycles. The van der Waals surface area contributed by atoms with Crippen LogP contribution in [-0.2, 0) is 5.41 Å². The van der Waals surface area contributed by atoms with E-state index in [1.807, 2.05) is 24.3 Å². The zero-order chi connectivity index (χ0) is 38.0. The van der Waals surface area contributed by atoms with E-state index in [0.717, 1.165) is 89.4 Å². The molecule has 58 heavy (non-hydrogen) atoms. The molecule has 0 radical (unpaired) electrons. The van der Waals surface area contributed by atoms with Crippen LogP contribution in [0.25, 0.3) is 99.9 Å². The number of aromatic nitrogens is 3. The van der Waals surface area contributed by atoms with Gasteiger partial charge >= 0.3 is 0 Å². The minimum absolute atomic E-state index is 0.318. The van der Waals surface area contributed by atoms with Crippen molar-refractivity contribution in [3.63, 3.8) is 0 Å². The molecule has 0 aliphatic heterocycles. The fraction of sp³-hybridized carbons (Fsp3) is 0.189. The van der Waals surface area contributed by atoms with Gasteiger partial charge in [0.05, 0.1) is 11.1 Å². The van der Waals surface area contributed by atoms with Crippen molar-refractivity contribution in [3.05, 3.63) is 151 Å². The van der Waals surface area contributed by atoms with E-state index in [1.54, 1.807) is 0 Å². The van der Waals surface area contributed by atoms with E-state index in [1.165, 1.54) is 54.9 Å². The van der Waals surface area contributed by atoms with Crippen LogP contribution in [-0.4, -0.2) is 15.0 Å². The molecule has 0 atom stereocenters. The molecule has 3 aromatic heterocycles. The van der Waals surface area contributed by atoms with Gasteiger partial charge in [0.1, 0.15) is 22.3 Å². The molecule has 0 unspecified atom stereocenters. The molecule has 5 heteroatoms. The molecule has 4 aliphatic rings. The van der Waals surface area contributed by atoms with Gasteiger partial charge in [0.15, 0.2) is 17.5 Å². The SMILES string of the molecule is c1ccc2c(-c3ccc(-c4nc(-c5ccc(C67CC8CC(CC(C8)C6)C7)cc5)nc(-c5cccc6c5oc5ccccc56)n4)c4oc5ccccc5c34)cccc2c1. The van der Waals surface area contributed by atoms with Crippen LogP contribution in [0, 0.1) is 17.8 Å². The van der Waals surface area contributed by atoms with Crippen LogP contribution in [0.5, 0.6) is 0 Å². The van der Waals surface area contributed by atoms with Crippen molar-refractivity contribution >= 4 is 54.6 Å². The van der Waals surface area contributed by atoms with Crippen LogP contribution < -0.4 is 0 Å². The molecule has 0 amide bonds. The molecule has 4 saturated carbocycles. The maximum atomic E-state index is 6.83. The maximum Gasteiger partial charge on any atom is 0.167 e. The number of para-hydroxylation sites is 3. The monoisotopic (exact) mass is 749 g/mol. The van der Waals surface area contributed by atoms with Crippen molar-refractivity contribution in [1.29, 1.82) is 0 Å². The van der Waals surface area contributed by atoms with E-state index in [-0.39, 0.29) is 0 Å². The van der Waals surface area contributed by atoms with Gasteiger partial charge in [-0.2, -0.15) is 0 Å². The van der Waals surface area contributed by atoms with E-state index in [2.05, 4.69) is 121 Å². The molecular weight excluding hydrogens is 711 g/mol. The summed E-state index contributed by atoms with van der Waals surface area (Å²) >= 11 is 0. The molecule has 278 valence electrons. The smallest absolute Gasteiger partial charge is 0.167 e. The summed E-state index contributed by atoms with van der Waals surface area (Å²) in [5.41, 5.74) is 9.90. The number of rotatable bonds is 5. The standard InChI is InChI=1S/C53H39N3O2/c1-2-11-37-34(9-1)10-7-14-38(37)40-23-24-44(49-47(40)42-13-4-6-18-46(42)58-49)52-55-50(35-19-21-36(22-20-35)53-28-31-25-32(29-53)27-33(26-31)30-53)54-51(56-52)43-16-8-15-41-39-12-3-5-17-45(39)57-48(41)43/h1-24,31-33H,25-30H2. The molecular formula is C53H39N3O2. The van der Waals surface area contributed by atoms with Gasteiger partial charge in [0.2, 0.25) is 0 Å². The van der Waals surface area contributed by atoms with Crippen LogP contribution in [0.2, 0.25) is 0 Å². The second kappa shape index (κ2) is 12.2. The Morgan fingerprint density at radius 2 is 0.948 bits per heavy atom. The molecule has 4 aliphatic carbocycles. The molecule has 0 N–H and O–H groups in total. The third-order valence-corrected chi connectivity index (χ3v) is 13.9. The predicted molar refractivity (Wildman–Crippen MR) is 233 cm³/mol. The average Bonchev–Trinajstić information content (AvgIpc) is 3.85. The molecule has 4 bridgehead atoms. The zero-order valence-corrected chi connectivity index (χ0v) is 32.0. The summed E-state index contributed by atoms with van der Waals surface area (Å²) in [6, 6.07) is 51.4. The lowest BCUT2D eigenvalue weighted by molar-refractivity contribution is -0.00518. The van der Waals surface area contributed by atoms with Gasteiger partial charge in [-0.1, -0.05) is 121 Å². The number of hydrogen-bond donors (Lipinski definition) is 0. The van der Waals surface area contributed by atoms with Gasteiger partial charge in [-0.05, 0) is 113 Å². The van der Waals surface area contributed by atoms with Gasteiger partial charge < -0.3 is 8.83 Å². The lowest BCUT2D eigenvalue weighted by atomic mass is 9.48. The number of furan rings is 2. The minimum atomic E-state index is 0.318.